The van der Waals surface area contributed by atoms with E-state index in [1.165, 1.54) is 6.07 Å². The molecule has 0 aliphatic rings. The van der Waals surface area contributed by atoms with Crippen molar-refractivity contribution < 1.29 is 10.0 Å². The predicted molar refractivity (Wildman–Crippen MR) is 80.9 cm³/mol. The highest BCUT2D eigenvalue weighted by Gasteiger charge is 2.19. The number of para-hydroxylation sites is 1. The largest absolute Gasteiger partial charge is 0.388 e. The smallest absolute Gasteiger partial charge is 0.272 e. The minimum Gasteiger partial charge on any atom is -0.388 e. The first kappa shape index (κ1) is 15.0. The van der Waals surface area contributed by atoms with Crippen molar-refractivity contribution in [3.8, 4) is 0 Å². The van der Waals surface area contributed by atoms with Crippen LogP contribution in [-0.2, 0) is 6.42 Å². The Labute approximate surface area is 129 Å². The number of hydrogen-bond acceptors (Lipinski definition) is 3. The first-order valence-corrected chi connectivity index (χ1v) is 7.02. The number of benzene rings is 2. The van der Waals surface area contributed by atoms with Gasteiger partial charge in [-0.2, -0.15) is 0 Å². The summed E-state index contributed by atoms with van der Waals surface area (Å²) in [7, 11) is 0. The maximum absolute atomic E-state index is 11.0. The van der Waals surface area contributed by atoms with Gasteiger partial charge in [0.1, 0.15) is 0 Å². The molecule has 2 rings (SSSR count). The lowest BCUT2D eigenvalue weighted by Gasteiger charge is -2.13. The third-order valence-corrected chi connectivity index (χ3v) is 4.25. The second-order valence-electron chi connectivity index (χ2n) is 4.25. The third kappa shape index (κ3) is 3.17. The Bertz CT molecular complexity index is 648. The fourth-order valence-corrected chi connectivity index (χ4v) is 2.59. The molecule has 0 bridgehead atoms. The summed E-state index contributed by atoms with van der Waals surface area (Å²) in [6, 6.07) is 11.6. The molecule has 0 aliphatic carbocycles. The first-order chi connectivity index (χ1) is 9.50. The highest BCUT2D eigenvalue weighted by atomic mass is 79.9. The molecule has 0 saturated heterocycles. The predicted octanol–water partition coefficient (Wildman–Crippen LogP) is 4.29. The second-order valence-corrected chi connectivity index (χ2v) is 5.48. The molecule has 1 unspecified atom stereocenters. The quantitative estimate of drug-likeness (QED) is 0.656. The van der Waals surface area contributed by atoms with Crippen LogP contribution in [0.2, 0.25) is 5.02 Å². The molecule has 4 nitrogen and oxygen atoms in total. The molecule has 20 heavy (non-hydrogen) atoms. The van der Waals surface area contributed by atoms with Crippen molar-refractivity contribution in [3.63, 3.8) is 0 Å². The fourth-order valence-electron chi connectivity index (χ4n) is 1.96. The van der Waals surface area contributed by atoms with Gasteiger partial charge in [-0.15, -0.1) is 0 Å². The average molecular weight is 357 g/mol. The number of nitro groups is 1. The number of nitro benzene ring substituents is 1. The van der Waals surface area contributed by atoms with E-state index in [0.29, 0.717) is 20.6 Å². The van der Waals surface area contributed by atoms with Crippen LogP contribution in [0.25, 0.3) is 0 Å². The molecule has 0 aromatic heterocycles. The van der Waals surface area contributed by atoms with Crippen molar-refractivity contribution in [1.29, 1.82) is 0 Å². The van der Waals surface area contributed by atoms with E-state index in [4.69, 9.17) is 11.6 Å². The lowest BCUT2D eigenvalue weighted by molar-refractivity contribution is -0.385. The lowest BCUT2D eigenvalue weighted by Crippen LogP contribution is -2.05. The van der Waals surface area contributed by atoms with Gasteiger partial charge in [0.05, 0.1) is 16.0 Å². The zero-order chi connectivity index (χ0) is 14.7. The first-order valence-electron chi connectivity index (χ1n) is 5.85. The molecule has 6 heteroatoms. The molecule has 2 aromatic rings. The summed E-state index contributed by atoms with van der Waals surface area (Å²) in [6.07, 6.45) is -0.769. The summed E-state index contributed by atoms with van der Waals surface area (Å²) in [5.41, 5.74) is 1.01. The van der Waals surface area contributed by atoms with Crippen LogP contribution in [0.4, 0.5) is 5.69 Å². The fraction of sp³-hybridized carbons (Fsp3) is 0.143. The molecule has 104 valence electrons. The van der Waals surface area contributed by atoms with E-state index in [-0.39, 0.29) is 12.1 Å². The Morgan fingerprint density at radius 1 is 1.25 bits per heavy atom. The number of aliphatic hydroxyl groups is 1. The van der Waals surface area contributed by atoms with Crippen molar-refractivity contribution in [2.24, 2.45) is 0 Å². The molecule has 0 aliphatic heterocycles. The van der Waals surface area contributed by atoms with E-state index < -0.39 is 11.0 Å². The van der Waals surface area contributed by atoms with Crippen LogP contribution in [-0.4, -0.2) is 10.0 Å². The van der Waals surface area contributed by atoms with Gasteiger partial charge in [-0.3, -0.25) is 10.1 Å². The molecule has 0 spiro atoms. The molecule has 0 fully saturated rings. The van der Waals surface area contributed by atoms with Gasteiger partial charge in [0, 0.05) is 28.1 Å². The third-order valence-electron chi connectivity index (χ3n) is 2.94. The van der Waals surface area contributed by atoms with Gasteiger partial charge in [0.25, 0.3) is 5.69 Å². The van der Waals surface area contributed by atoms with E-state index in [9.17, 15) is 15.2 Å². The van der Waals surface area contributed by atoms with Crippen molar-refractivity contribution >= 4 is 33.2 Å². The molecule has 1 N–H and O–H groups in total. The standard InChI is InChI=1S/C14H11BrClNO3/c15-11-6-3-5-10(14(11)16)13(18)8-9-4-1-2-7-12(9)17(19)20/h1-7,13,18H,8H2. The highest BCUT2D eigenvalue weighted by molar-refractivity contribution is 9.10. The van der Waals surface area contributed by atoms with Crippen molar-refractivity contribution in [3.05, 3.63) is 73.2 Å². The van der Waals surface area contributed by atoms with Crippen molar-refractivity contribution in [2.75, 3.05) is 0 Å². The van der Waals surface area contributed by atoms with Crippen LogP contribution in [0.3, 0.4) is 0 Å². The van der Waals surface area contributed by atoms with Crippen LogP contribution in [0.1, 0.15) is 17.2 Å². The van der Waals surface area contributed by atoms with Crippen LogP contribution in [0, 0.1) is 10.1 Å². The van der Waals surface area contributed by atoms with Gasteiger partial charge in [-0.1, -0.05) is 41.9 Å². The van der Waals surface area contributed by atoms with Gasteiger partial charge in [-0.25, -0.2) is 0 Å². The average Bonchev–Trinajstić information content (AvgIpc) is 2.42. The van der Waals surface area contributed by atoms with Crippen LogP contribution in [0.15, 0.2) is 46.9 Å². The van der Waals surface area contributed by atoms with Crippen molar-refractivity contribution in [1.82, 2.24) is 0 Å². The minimum atomic E-state index is -0.902. The van der Waals surface area contributed by atoms with Gasteiger partial charge < -0.3 is 5.11 Å². The Morgan fingerprint density at radius 3 is 2.65 bits per heavy atom. The SMILES string of the molecule is O=[N+]([O-])c1ccccc1CC(O)c1cccc(Br)c1Cl. The lowest BCUT2D eigenvalue weighted by atomic mass is 10.0. The van der Waals surface area contributed by atoms with Gasteiger partial charge in [0.2, 0.25) is 0 Å². The summed E-state index contributed by atoms with van der Waals surface area (Å²) in [4.78, 5) is 10.5. The minimum absolute atomic E-state index is 0.00216. The molecule has 0 radical (unpaired) electrons. The van der Waals surface area contributed by atoms with E-state index >= 15 is 0 Å². The highest BCUT2D eigenvalue weighted by Crippen LogP contribution is 2.33. The van der Waals surface area contributed by atoms with Crippen LogP contribution < -0.4 is 0 Å². The maximum Gasteiger partial charge on any atom is 0.272 e. The molecule has 0 saturated carbocycles. The van der Waals surface area contributed by atoms with Gasteiger partial charge in [-0.05, 0) is 22.0 Å². The Balaban J connectivity index is 2.30. The van der Waals surface area contributed by atoms with Gasteiger partial charge in [0.15, 0.2) is 0 Å². The normalized spacial score (nSPS) is 12.2. The van der Waals surface area contributed by atoms with E-state index in [0.717, 1.165) is 0 Å². The van der Waals surface area contributed by atoms with Crippen LogP contribution >= 0.6 is 27.5 Å². The molecular formula is C14H11BrClNO3. The number of halogens is 2. The molecule has 2 aromatic carbocycles. The Hall–Kier alpha value is -1.43. The number of aliphatic hydroxyl groups excluding tert-OH is 1. The van der Waals surface area contributed by atoms with E-state index in [1.54, 1.807) is 36.4 Å². The van der Waals surface area contributed by atoms with Crippen molar-refractivity contribution in [2.45, 2.75) is 12.5 Å². The number of hydrogen-bond donors (Lipinski definition) is 1. The monoisotopic (exact) mass is 355 g/mol. The maximum atomic E-state index is 11.0. The molecule has 1 atom stereocenters. The zero-order valence-corrected chi connectivity index (χ0v) is 12.6. The topological polar surface area (TPSA) is 63.4 Å². The number of rotatable bonds is 4. The summed E-state index contributed by atoms with van der Waals surface area (Å²) < 4.78 is 0.679. The zero-order valence-electron chi connectivity index (χ0n) is 10.3. The Morgan fingerprint density at radius 2 is 1.95 bits per heavy atom. The summed E-state index contributed by atoms with van der Waals surface area (Å²) in [6.45, 7) is 0. The van der Waals surface area contributed by atoms with Gasteiger partial charge >= 0.3 is 0 Å². The molecule has 0 heterocycles. The molecular weight excluding hydrogens is 346 g/mol. The Kier molecular flexibility index (Phi) is 4.75. The van der Waals surface area contributed by atoms with E-state index in [1.807, 2.05) is 0 Å². The summed E-state index contributed by atoms with van der Waals surface area (Å²) >= 11 is 9.40. The van der Waals surface area contributed by atoms with Crippen LogP contribution in [0.5, 0.6) is 0 Å². The van der Waals surface area contributed by atoms with E-state index in [2.05, 4.69) is 15.9 Å². The summed E-state index contributed by atoms with van der Waals surface area (Å²) in [5.74, 6) is 0. The number of nitrogens with zero attached hydrogens (tertiary/aromatic N) is 1. The second kappa shape index (κ2) is 6.35. The molecule has 0 amide bonds. The summed E-state index contributed by atoms with van der Waals surface area (Å²) in [5, 5.41) is 21.6.